The summed E-state index contributed by atoms with van der Waals surface area (Å²) in [5.74, 6) is -9.63. The molecule has 0 unspecified atom stereocenters. The molecule has 1 aromatic heterocycles. The summed E-state index contributed by atoms with van der Waals surface area (Å²) in [6.07, 6.45) is 4.94. The molecule has 0 aliphatic heterocycles. The van der Waals surface area contributed by atoms with Gasteiger partial charge >= 0.3 is 17.5 Å². The van der Waals surface area contributed by atoms with Gasteiger partial charge in [0.25, 0.3) is 0 Å². The lowest BCUT2D eigenvalue weighted by atomic mass is 9.93. The van der Waals surface area contributed by atoms with Gasteiger partial charge in [-0.3, -0.25) is 0 Å². The van der Waals surface area contributed by atoms with Crippen LogP contribution in [-0.4, -0.2) is 0 Å². The number of alkyl halides is 4. The van der Waals surface area contributed by atoms with Crippen LogP contribution in [-0.2, 0) is 24.7 Å². The summed E-state index contributed by atoms with van der Waals surface area (Å²) in [6.45, 7) is 5.65. The molecular formula is C36H29F5O2. The van der Waals surface area contributed by atoms with Crippen LogP contribution in [0.5, 0.6) is 0 Å². The molecule has 0 radical (unpaired) electrons. The van der Waals surface area contributed by atoms with Crippen molar-refractivity contribution in [2.45, 2.75) is 44.5 Å². The quantitative estimate of drug-likeness (QED) is 0.120. The summed E-state index contributed by atoms with van der Waals surface area (Å²) in [7, 11) is 0. The first-order valence-electron chi connectivity index (χ1n) is 14.0. The van der Waals surface area contributed by atoms with E-state index in [1.165, 1.54) is 24.3 Å². The lowest BCUT2D eigenvalue weighted by Crippen LogP contribution is -2.35. The van der Waals surface area contributed by atoms with E-state index >= 15 is 22.0 Å². The van der Waals surface area contributed by atoms with E-state index in [9.17, 15) is 4.79 Å². The second kappa shape index (κ2) is 12.0. The van der Waals surface area contributed by atoms with Crippen LogP contribution in [0.15, 0.2) is 113 Å². The Balaban J connectivity index is 1.43. The van der Waals surface area contributed by atoms with Crippen LogP contribution in [0, 0.1) is 5.82 Å². The second-order valence-electron chi connectivity index (χ2n) is 10.5. The minimum absolute atomic E-state index is 0.0488. The molecule has 0 aliphatic rings. The number of allylic oxidation sites excluding steroid dienone is 1. The molecule has 0 saturated heterocycles. The third kappa shape index (κ3) is 5.76. The van der Waals surface area contributed by atoms with E-state index in [2.05, 4.69) is 6.58 Å². The Labute approximate surface area is 246 Å². The van der Waals surface area contributed by atoms with Gasteiger partial charge < -0.3 is 4.42 Å². The smallest absolute Gasteiger partial charge is 0.347 e. The largest absolute Gasteiger partial charge is 0.422 e. The van der Waals surface area contributed by atoms with Crippen LogP contribution >= 0.6 is 0 Å². The Bertz CT molecular complexity index is 1800. The van der Waals surface area contributed by atoms with E-state index in [4.69, 9.17) is 4.42 Å². The molecule has 0 atom stereocenters. The molecule has 0 spiro atoms. The maximum Gasteiger partial charge on any atom is 0.347 e. The number of aryl methyl sites for hydroxylation is 2. The molecule has 0 amide bonds. The molecule has 2 nitrogen and oxygen atoms in total. The monoisotopic (exact) mass is 588 g/mol. The van der Waals surface area contributed by atoms with E-state index in [0.717, 1.165) is 66.8 Å². The highest BCUT2D eigenvalue weighted by Crippen LogP contribution is 2.49. The van der Waals surface area contributed by atoms with E-state index in [-0.39, 0.29) is 22.3 Å². The van der Waals surface area contributed by atoms with Crippen molar-refractivity contribution in [3.05, 3.63) is 142 Å². The maximum absolute atomic E-state index is 15.6. The molecule has 0 saturated carbocycles. The molecule has 220 valence electrons. The molecule has 0 aliphatic carbocycles. The first-order valence-corrected chi connectivity index (χ1v) is 14.0. The van der Waals surface area contributed by atoms with Crippen molar-refractivity contribution >= 4 is 10.8 Å². The highest BCUT2D eigenvalue weighted by atomic mass is 19.3. The van der Waals surface area contributed by atoms with Crippen LogP contribution in [0.4, 0.5) is 22.0 Å². The maximum atomic E-state index is 15.6. The Kier molecular flexibility index (Phi) is 8.36. The van der Waals surface area contributed by atoms with E-state index in [0.29, 0.717) is 17.4 Å². The number of rotatable bonds is 10. The van der Waals surface area contributed by atoms with Crippen molar-refractivity contribution in [3.8, 4) is 22.5 Å². The number of benzene rings is 4. The zero-order valence-corrected chi connectivity index (χ0v) is 23.5. The lowest BCUT2D eigenvalue weighted by Gasteiger charge is -2.27. The van der Waals surface area contributed by atoms with Crippen LogP contribution in [0.25, 0.3) is 33.2 Å². The summed E-state index contributed by atoms with van der Waals surface area (Å²) < 4.78 is 81.3. The Morgan fingerprint density at radius 2 is 1.28 bits per heavy atom. The van der Waals surface area contributed by atoms with Gasteiger partial charge in [-0.05, 0) is 47.4 Å². The van der Waals surface area contributed by atoms with Crippen LogP contribution in [0.1, 0.15) is 42.0 Å². The zero-order valence-electron chi connectivity index (χ0n) is 23.5. The lowest BCUT2D eigenvalue weighted by molar-refractivity contribution is -0.223. The van der Waals surface area contributed by atoms with Gasteiger partial charge in [0.05, 0.1) is 0 Å². The highest BCUT2D eigenvalue weighted by Gasteiger charge is 2.58. The molecule has 1 heterocycles. The SMILES string of the molecule is C=CCCc1ccc(-c2cc3ccc(-c4ccc(C(F)(F)C(F)(F)c5ccc(CCC)cc5)cc4)c(F)c3c(=O)o2)cc1. The van der Waals surface area contributed by atoms with Gasteiger partial charge in [0.15, 0.2) is 0 Å². The van der Waals surface area contributed by atoms with Crippen molar-refractivity contribution in [1.82, 2.24) is 0 Å². The molecule has 0 N–H and O–H groups in total. The Morgan fingerprint density at radius 3 is 1.86 bits per heavy atom. The third-order valence-electron chi connectivity index (χ3n) is 7.55. The van der Waals surface area contributed by atoms with Crippen molar-refractivity contribution in [1.29, 1.82) is 0 Å². The molecule has 43 heavy (non-hydrogen) atoms. The molecule has 0 bridgehead atoms. The number of fused-ring (bicyclic) bond motifs is 1. The van der Waals surface area contributed by atoms with E-state index < -0.39 is 34.4 Å². The van der Waals surface area contributed by atoms with Gasteiger partial charge in [0.2, 0.25) is 0 Å². The number of hydrogen-bond acceptors (Lipinski definition) is 2. The first kappa shape index (κ1) is 30.0. The minimum Gasteiger partial charge on any atom is -0.422 e. The third-order valence-corrected chi connectivity index (χ3v) is 7.55. The van der Waals surface area contributed by atoms with Gasteiger partial charge in [-0.25, -0.2) is 9.18 Å². The van der Waals surface area contributed by atoms with Gasteiger partial charge in [-0.2, -0.15) is 17.6 Å². The van der Waals surface area contributed by atoms with Gasteiger partial charge in [0.1, 0.15) is 17.0 Å². The molecule has 7 heteroatoms. The number of halogens is 5. The minimum atomic E-state index is -4.53. The first-order chi connectivity index (χ1) is 20.6. The normalized spacial score (nSPS) is 12.0. The zero-order chi connectivity index (χ0) is 30.8. The molecule has 4 aromatic carbocycles. The van der Waals surface area contributed by atoms with Crippen LogP contribution < -0.4 is 5.63 Å². The summed E-state index contributed by atoms with van der Waals surface area (Å²) in [6, 6.07) is 20.8. The van der Waals surface area contributed by atoms with Gasteiger partial charge in [0, 0.05) is 22.3 Å². The fourth-order valence-corrected chi connectivity index (χ4v) is 5.10. The Hall–Kier alpha value is -4.52. The Morgan fingerprint density at radius 1 is 0.744 bits per heavy atom. The summed E-state index contributed by atoms with van der Waals surface area (Å²) in [5, 5.41) is 0.00676. The van der Waals surface area contributed by atoms with E-state index in [1.54, 1.807) is 6.07 Å². The fraction of sp³-hybridized carbons (Fsp3) is 0.194. The van der Waals surface area contributed by atoms with Gasteiger partial charge in [-0.15, -0.1) is 6.58 Å². The molecular weight excluding hydrogens is 559 g/mol. The van der Waals surface area contributed by atoms with E-state index in [1.807, 2.05) is 37.3 Å². The number of hydrogen-bond donors (Lipinski definition) is 0. The van der Waals surface area contributed by atoms with Crippen molar-refractivity contribution in [3.63, 3.8) is 0 Å². The predicted octanol–water partition coefficient (Wildman–Crippen LogP) is 10.2. The van der Waals surface area contributed by atoms with Crippen molar-refractivity contribution in [2.75, 3.05) is 0 Å². The fourth-order valence-electron chi connectivity index (χ4n) is 5.10. The summed E-state index contributed by atoms with van der Waals surface area (Å²) in [4.78, 5) is 12.9. The van der Waals surface area contributed by atoms with Crippen molar-refractivity contribution < 1.29 is 26.4 Å². The highest BCUT2D eigenvalue weighted by molar-refractivity contribution is 5.89. The van der Waals surface area contributed by atoms with Crippen LogP contribution in [0.3, 0.4) is 0 Å². The average Bonchev–Trinajstić information content (AvgIpc) is 3.00. The second-order valence-corrected chi connectivity index (χ2v) is 10.5. The van der Waals surface area contributed by atoms with Crippen molar-refractivity contribution in [2.24, 2.45) is 0 Å². The standard InChI is InChI=1S/C36H29F5O2/c1-3-5-7-24-8-12-26(13-9-24)31-22-27-16-21-30(33(37)32(27)34(42)43-31)25-14-19-29(20-15-25)36(40,41)35(38,39)28-17-10-23(6-4-2)11-18-28/h3,8-22H,1,4-7H2,2H3. The predicted molar refractivity (Wildman–Crippen MR) is 160 cm³/mol. The molecule has 5 aromatic rings. The van der Waals surface area contributed by atoms with Gasteiger partial charge in [-0.1, -0.05) is 104 Å². The topological polar surface area (TPSA) is 30.2 Å². The molecule has 0 fully saturated rings. The molecule has 5 rings (SSSR count). The summed E-state index contributed by atoms with van der Waals surface area (Å²) in [5.41, 5.74) is 0.0157. The van der Waals surface area contributed by atoms with Crippen LogP contribution in [0.2, 0.25) is 0 Å². The average molecular weight is 589 g/mol. The summed E-state index contributed by atoms with van der Waals surface area (Å²) >= 11 is 0.